The van der Waals surface area contributed by atoms with E-state index in [2.05, 4.69) is 4.90 Å². The van der Waals surface area contributed by atoms with E-state index in [4.69, 9.17) is 0 Å². The number of ketones is 1. The average molecular weight is 259 g/mol. The molecule has 0 N–H and O–H groups in total. The van der Waals surface area contributed by atoms with Crippen molar-refractivity contribution in [2.24, 2.45) is 0 Å². The standard InChI is InChI=1S/C17H25NO/c1-15-9-5-6-10-16(15)17(19)11-14-18-12-7-3-2-4-8-13-18/h5-6,9-10H,2-4,7-8,11-14H2,1H3. The van der Waals surface area contributed by atoms with Gasteiger partial charge in [-0.2, -0.15) is 0 Å². The van der Waals surface area contributed by atoms with E-state index in [1.54, 1.807) is 0 Å². The maximum atomic E-state index is 12.2. The summed E-state index contributed by atoms with van der Waals surface area (Å²) in [6, 6.07) is 7.91. The monoisotopic (exact) mass is 259 g/mol. The van der Waals surface area contributed by atoms with Gasteiger partial charge in [-0.05, 0) is 38.4 Å². The second kappa shape index (κ2) is 7.44. The zero-order chi connectivity index (χ0) is 13.5. The lowest BCUT2D eigenvalue weighted by Crippen LogP contribution is -2.29. The zero-order valence-corrected chi connectivity index (χ0v) is 12.0. The Morgan fingerprint density at radius 2 is 1.68 bits per heavy atom. The van der Waals surface area contributed by atoms with E-state index in [0.29, 0.717) is 12.2 Å². The maximum Gasteiger partial charge on any atom is 0.164 e. The van der Waals surface area contributed by atoms with E-state index in [9.17, 15) is 4.79 Å². The molecule has 0 amide bonds. The van der Waals surface area contributed by atoms with Crippen LogP contribution in [0.4, 0.5) is 0 Å². The third kappa shape index (κ3) is 4.46. The summed E-state index contributed by atoms with van der Waals surface area (Å²) >= 11 is 0. The topological polar surface area (TPSA) is 20.3 Å². The molecule has 0 saturated carbocycles. The molecule has 2 heteroatoms. The van der Waals surface area contributed by atoms with E-state index < -0.39 is 0 Å². The molecule has 0 bridgehead atoms. The van der Waals surface area contributed by atoms with Gasteiger partial charge in [-0.3, -0.25) is 4.79 Å². The Balaban J connectivity index is 1.84. The molecule has 0 aliphatic carbocycles. The smallest absolute Gasteiger partial charge is 0.164 e. The lowest BCUT2D eigenvalue weighted by atomic mass is 10.0. The van der Waals surface area contributed by atoms with E-state index in [1.807, 2.05) is 31.2 Å². The fraction of sp³-hybridized carbons (Fsp3) is 0.588. The molecule has 0 radical (unpaired) electrons. The van der Waals surface area contributed by atoms with Gasteiger partial charge in [0, 0.05) is 18.5 Å². The second-order valence-electron chi connectivity index (χ2n) is 5.60. The van der Waals surface area contributed by atoms with Crippen molar-refractivity contribution >= 4 is 5.78 Å². The predicted molar refractivity (Wildman–Crippen MR) is 79.7 cm³/mol. The van der Waals surface area contributed by atoms with Gasteiger partial charge in [-0.25, -0.2) is 0 Å². The highest BCUT2D eigenvalue weighted by Gasteiger charge is 2.12. The van der Waals surface area contributed by atoms with Gasteiger partial charge >= 0.3 is 0 Å². The van der Waals surface area contributed by atoms with Crippen LogP contribution in [0.3, 0.4) is 0 Å². The van der Waals surface area contributed by atoms with Gasteiger partial charge in [-0.1, -0.05) is 43.5 Å². The summed E-state index contributed by atoms with van der Waals surface area (Å²) in [5, 5.41) is 0. The van der Waals surface area contributed by atoms with Crippen LogP contribution in [0.15, 0.2) is 24.3 Å². The van der Waals surface area contributed by atoms with Crippen molar-refractivity contribution in [3.05, 3.63) is 35.4 Å². The second-order valence-corrected chi connectivity index (χ2v) is 5.60. The van der Waals surface area contributed by atoms with Crippen molar-refractivity contribution in [1.29, 1.82) is 0 Å². The van der Waals surface area contributed by atoms with Crippen molar-refractivity contribution in [3.8, 4) is 0 Å². The largest absolute Gasteiger partial charge is 0.303 e. The van der Waals surface area contributed by atoms with E-state index in [0.717, 1.165) is 17.7 Å². The van der Waals surface area contributed by atoms with E-state index in [1.165, 1.54) is 45.2 Å². The Bertz CT molecular complexity index is 405. The van der Waals surface area contributed by atoms with Crippen LogP contribution >= 0.6 is 0 Å². The van der Waals surface area contributed by atoms with Crippen LogP contribution in [0.1, 0.15) is 54.4 Å². The predicted octanol–water partition coefficient (Wildman–Crippen LogP) is 3.83. The van der Waals surface area contributed by atoms with Crippen LogP contribution in [0.25, 0.3) is 0 Å². The number of carbonyl (C=O) groups excluding carboxylic acids is 1. The molecule has 19 heavy (non-hydrogen) atoms. The lowest BCUT2D eigenvalue weighted by Gasteiger charge is -2.24. The fourth-order valence-corrected chi connectivity index (χ4v) is 2.82. The van der Waals surface area contributed by atoms with Crippen molar-refractivity contribution in [1.82, 2.24) is 4.90 Å². The minimum absolute atomic E-state index is 0.292. The van der Waals surface area contributed by atoms with E-state index in [-0.39, 0.29) is 0 Å². The number of benzene rings is 1. The fourth-order valence-electron chi connectivity index (χ4n) is 2.82. The van der Waals surface area contributed by atoms with Gasteiger partial charge in [-0.15, -0.1) is 0 Å². The number of hydrogen-bond donors (Lipinski definition) is 0. The Hall–Kier alpha value is -1.15. The molecule has 2 nitrogen and oxygen atoms in total. The number of likely N-dealkylation sites (tertiary alicyclic amines) is 1. The number of aryl methyl sites for hydroxylation is 1. The summed E-state index contributed by atoms with van der Waals surface area (Å²) in [5.41, 5.74) is 2.00. The Morgan fingerprint density at radius 1 is 1.05 bits per heavy atom. The number of carbonyl (C=O) groups is 1. The molecule has 1 fully saturated rings. The summed E-state index contributed by atoms with van der Waals surface area (Å²) in [6.45, 7) is 5.28. The lowest BCUT2D eigenvalue weighted by molar-refractivity contribution is 0.0961. The van der Waals surface area contributed by atoms with Crippen molar-refractivity contribution in [3.63, 3.8) is 0 Å². The number of nitrogens with zero attached hydrogens (tertiary/aromatic N) is 1. The Labute approximate surface area is 116 Å². The summed E-state index contributed by atoms with van der Waals surface area (Å²) in [5.74, 6) is 0.292. The Morgan fingerprint density at radius 3 is 2.37 bits per heavy atom. The minimum atomic E-state index is 0.292. The highest BCUT2D eigenvalue weighted by atomic mass is 16.1. The first-order valence-corrected chi connectivity index (χ1v) is 7.58. The van der Waals surface area contributed by atoms with Gasteiger partial charge in [0.05, 0.1) is 0 Å². The molecular weight excluding hydrogens is 234 g/mol. The molecule has 1 heterocycles. The molecule has 1 aromatic rings. The van der Waals surface area contributed by atoms with Crippen molar-refractivity contribution in [2.45, 2.75) is 45.4 Å². The summed E-state index contributed by atoms with van der Waals surface area (Å²) < 4.78 is 0. The zero-order valence-electron chi connectivity index (χ0n) is 12.0. The first kappa shape index (κ1) is 14.3. The highest BCUT2D eigenvalue weighted by molar-refractivity contribution is 5.97. The molecule has 0 aromatic heterocycles. The summed E-state index contributed by atoms with van der Waals surface area (Å²) in [7, 11) is 0. The van der Waals surface area contributed by atoms with Crippen LogP contribution in [0.2, 0.25) is 0 Å². The van der Waals surface area contributed by atoms with Gasteiger partial charge in [0.15, 0.2) is 5.78 Å². The molecular formula is C17H25NO. The minimum Gasteiger partial charge on any atom is -0.303 e. The average Bonchev–Trinajstić information content (AvgIpc) is 2.37. The molecule has 0 atom stereocenters. The van der Waals surface area contributed by atoms with Crippen molar-refractivity contribution < 1.29 is 4.79 Å². The van der Waals surface area contributed by atoms with E-state index >= 15 is 0 Å². The molecule has 1 saturated heterocycles. The first-order chi connectivity index (χ1) is 9.27. The summed E-state index contributed by atoms with van der Waals surface area (Å²) in [4.78, 5) is 14.7. The molecule has 1 aliphatic rings. The molecule has 0 unspecified atom stereocenters. The molecule has 104 valence electrons. The van der Waals surface area contributed by atoms with Gasteiger partial charge in [0.25, 0.3) is 0 Å². The maximum absolute atomic E-state index is 12.2. The molecule has 0 spiro atoms. The number of rotatable bonds is 4. The highest BCUT2D eigenvalue weighted by Crippen LogP contribution is 2.13. The Kier molecular flexibility index (Phi) is 5.59. The van der Waals surface area contributed by atoms with Gasteiger partial charge in [0.2, 0.25) is 0 Å². The third-order valence-electron chi connectivity index (χ3n) is 4.05. The number of Topliss-reactive ketones (excluding diaryl/α,β-unsaturated/α-hetero) is 1. The van der Waals surface area contributed by atoms with Crippen LogP contribution in [-0.4, -0.2) is 30.3 Å². The number of hydrogen-bond acceptors (Lipinski definition) is 2. The van der Waals surface area contributed by atoms with Crippen LogP contribution < -0.4 is 0 Å². The SMILES string of the molecule is Cc1ccccc1C(=O)CCN1CCCCCCC1. The van der Waals surface area contributed by atoms with Crippen LogP contribution in [-0.2, 0) is 0 Å². The molecule has 1 aliphatic heterocycles. The third-order valence-corrected chi connectivity index (χ3v) is 4.05. The molecule has 1 aromatic carbocycles. The van der Waals surface area contributed by atoms with Gasteiger partial charge < -0.3 is 4.90 Å². The molecule has 2 rings (SSSR count). The summed E-state index contributed by atoms with van der Waals surface area (Å²) in [6.07, 6.45) is 7.32. The van der Waals surface area contributed by atoms with Crippen LogP contribution in [0, 0.1) is 6.92 Å². The van der Waals surface area contributed by atoms with Gasteiger partial charge in [0.1, 0.15) is 0 Å². The van der Waals surface area contributed by atoms with Crippen molar-refractivity contribution in [2.75, 3.05) is 19.6 Å². The van der Waals surface area contributed by atoms with Crippen LogP contribution in [0.5, 0.6) is 0 Å². The normalized spacial score (nSPS) is 17.7. The quantitative estimate of drug-likeness (QED) is 0.766. The first-order valence-electron chi connectivity index (χ1n) is 7.58.